The van der Waals surface area contributed by atoms with Crippen LogP contribution in [-0.4, -0.2) is 16.7 Å². The first-order valence-corrected chi connectivity index (χ1v) is 4.02. The Hall–Kier alpha value is -1.58. The molecule has 1 rings (SSSR count). The second-order valence-corrected chi connectivity index (χ2v) is 3.03. The highest BCUT2D eigenvalue weighted by molar-refractivity contribution is 5.78. The number of ketones is 1. The summed E-state index contributed by atoms with van der Waals surface area (Å²) in [4.78, 5) is 24.2. The molecule has 1 aromatic rings. The Labute approximate surface area is 76.1 Å². The van der Waals surface area contributed by atoms with E-state index in [0.717, 1.165) is 11.4 Å². The molecule has 1 heterocycles. The van der Waals surface area contributed by atoms with Crippen molar-refractivity contribution in [1.29, 1.82) is 0 Å². The van der Waals surface area contributed by atoms with Gasteiger partial charge in [0.05, 0.1) is 6.42 Å². The second-order valence-electron chi connectivity index (χ2n) is 3.03. The van der Waals surface area contributed by atoms with Crippen molar-refractivity contribution in [3.63, 3.8) is 0 Å². The number of aromatic amines is 1. The van der Waals surface area contributed by atoms with Crippen molar-refractivity contribution < 1.29 is 9.59 Å². The summed E-state index contributed by atoms with van der Waals surface area (Å²) < 4.78 is 0. The van der Waals surface area contributed by atoms with Gasteiger partial charge in [0.15, 0.2) is 0 Å². The molecule has 70 valence electrons. The number of nitrogens with one attached hydrogen (secondary N) is 1. The predicted octanol–water partition coefficient (Wildman–Crippen LogP) is 0.174. The van der Waals surface area contributed by atoms with Gasteiger partial charge < -0.3 is 10.7 Å². The highest BCUT2D eigenvalue weighted by atomic mass is 16.1. The molecule has 1 amide bonds. The van der Waals surface area contributed by atoms with Crippen LogP contribution in [0, 0.1) is 0 Å². The lowest BCUT2D eigenvalue weighted by Crippen LogP contribution is -2.13. The maximum atomic E-state index is 10.7. The Morgan fingerprint density at radius 1 is 1.31 bits per heavy atom. The molecule has 0 atom stereocenters. The number of H-pyrrole nitrogens is 1. The van der Waals surface area contributed by atoms with E-state index in [4.69, 9.17) is 5.73 Å². The SMILES string of the molecule is CC(=O)Cc1ccc(CC(N)=O)[nH]1. The Bertz CT molecular complexity index is 298. The highest BCUT2D eigenvalue weighted by Crippen LogP contribution is 2.03. The monoisotopic (exact) mass is 180 g/mol. The number of hydrogen-bond donors (Lipinski definition) is 2. The number of hydrogen-bond acceptors (Lipinski definition) is 2. The van der Waals surface area contributed by atoms with Gasteiger partial charge in [0, 0.05) is 17.8 Å². The molecule has 13 heavy (non-hydrogen) atoms. The van der Waals surface area contributed by atoms with E-state index in [1.54, 1.807) is 12.1 Å². The Morgan fingerprint density at radius 2 is 1.85 bits per heavy atom. The first kappa shape index (κ1) is 9.51. The minimum absolute atomic E-state index is 0.0903. The Kier molecular flexibility index (Phi) is 2.84. The highest BCUT2D eigenvalue weighted by Gasteiger charge is 2.03. The van der Waals surface area contributed by atoms with Crippen molar-refractivity contribution in [3.8, 4) is 0 Å². The van der Waals surface area contributed by atoms with Crippen molar-refractivity contribution >= 4 is 11.7 Å². The van der Waals surface area contributed by atoms with Gasteiger partial charge in [0.2, 0.25) is 5.91 Å². The fourth-order valence-corrected chi connectivity index (χ4v) is 1.15. The lowest BCUT2D eigenvalue weighted by molar-refractivity contribution is -0.117. The van der Waals surface area contributed by atoms with Crippen LogP contribution >= 0.6 is 0 Å². The molecule has 0 radical (unpaired) electrons. The van der Waals surface area contributed by atoms with E-state index >= 15 is 0 Å². The zero-order valence-electron chi connectivity index (χ0n) is 7.46. The molecule has 0 aliphatic heterocycles. The third-order valence-corrected chi connectivity index (χ3v) is 1.61. The van der Waals surface area contributed by atoms with Crippen molar-refractivity contribution in [2.75, 3.05) is 0 Å². The van der Waals surface area contributed by atoms with Crippen LogP contribution in [0.5, 0.6) is 0 Å². The molecule has 0 unspecified atom stereocenters. The van der Waals surface area contributed by atoms with Crippen molar-refractivity contribution in [3.05, 3.63) is 23.5 Å². The number of primary amides is 1. The number of amides is 1. The van der Waals surface area contributed by atoms with Gasteiger partial charge in [-0.25, -0.2) is 0 Å². The molecule has 1 aromatic heterocycles. The molecule has 0 aromatic carbocycles. The molecular weight excluding hydrogens is 168 g/mol. The molecule has 0 aliphatic rings. The summed E-state index contributed by atoms with van der Waals surface area (Å²) in [5.41, 5.74) is 6.59. The Balaban J connectivity index is 2.63. The summed E-state index contributed by atoms with van der Waals surface area (Å²) in [6.07, 6.45) is 0.566. The quantitative estimate of drug-likeness (QED) is 0.693. The van der Waals surface area contributed by atoms with Gasteiger partial charge in [-0.1, -0.05) is 0 Å². The molecule has 3 N–H and O–H groups in total. The van der Waals surface area contributed by atoms with Crippen LogP contribution in [0.25, 0.3) is 0 Å². The number of carbonyl (C=O) groups excluding carboxylic acids is 2. The van der Waals surface area contributed by atoms with Crippen molar-refractivity contribution in [2.24, 2.45) is 5.73 Å². The molecule has 4 nitrogen and oxygen atoms in total. The lowest BCUT2D eigenvalue weighted by Gasteiger charge is -1.93. The molecule has 0 spiro atoms. The Morgan fingerprint density at radius 3 is 2.31 bits per heavy atom. The fourth-order valence-electron chi connectivity index (χ4n) is 1.15. The van der Waals surface area contributed by atoms with Crippen LogP contribution in [-0.2, 0) is 22.4 Å². The smallest absolute Gasteiger partial charge is 0.223 e. The molecule has 0 aliphatic carbocycles. The van der Waals surface area contributed by atoms with Gasteiger partial charge in [-0.3, -0.25) is 9.59 Å². The van der Waals surface area contributed by atoms with Crippen LogP contribution in [0.3, 0.4) is 0 Å². The van der Waals surface area contributed by atoms with Crippen LogP contribution in [0.2, 0.25) is 0 Å². The largest absolute Gasteiger partial charge is 0.369 e. The van der Waals surface area contributed by atoms with Gasteiger partial charge >= 0.3 is 0 Å². The van der Waals surface area contributed by atoms with E-state index in [2.05, 4.69) is 4.98 Å². The second kappa shape index (κ2) is 3.89. The van der Waals surface area contributed by atoms with E-state index in [1.807, 2.05) is 0 Å². The third-order valence-electron chi connectivity index (χ3n) is 1.61. The van der Waals surface area contributed by atoms with E-state index < -0.39 is 0 Å². The van der Waals surface area contributed by atoms with Gasteiger partial charge in [-0.2, -0.15) is 0 Å². The average Bonchev–Trinajstić information content (AvgIpc) is 2.33. The first-order chi connectivity index (χ1) is 6.08. The molecule has 0 fully saturated rings. The fraction of sp³-hybridized carbons (Fsp3) is 0.333. The van der Waals surface area contributed by atoms with Crippen molar-refractivity contribution in [1.82, 2.24) is 4.98 Å². The predicted molar refractivity (Wildman–Crippen MR) is 48.1 cm³/mol. The van der Waals surface area contributed by atoms with Crippen molar-refractivity contribution in [2.45, 2.75) is 19.8 Å². The maximum Gasteiger partial charge on any atom is 0.223 e. The van der Waals surface area contributed by atoms with E-state index in [-0.39, 0.29) is 18.1 Å². The number of Topliss-reactive ketones (excluding diaryl/α,β-unsaturated/α-hetero) is 1. The minimum atomic E-state index is -0.378. The minimum Gasteiger partial charge on any atom is -0.369 e. The summed E-state index contributed by atoms with van der Waals surface area (Å²) in [5, 5.41) is 0. The molecular formula is C9H12N2O2. The van der Waals surface area contributed by atoms with Gasteiger partial charge in [-0.15, -0.1) is 0 Å². The zero-order valence-corrected chi connectivity index (χ0v) is 7.46. The molecule has 0 bridgehead atoms. The topological polar surface area (TPSA) is 76.0 Å². The lowest BCUT2D eigenvalue weighted by atomic mass is 10.2. The van der Waals surface area contributed by atoms with Crippen LogP contribution in [0.1, 0.15) is 18.3 Å². The van der Waals surface area contributed by atoms with E-state index in [0.29, 0.717) is 6.42 Å². The zero-order chi connectivity index (χ0) is 9.84. The summed E-state index contributed by atoms with van der Waals surface area (Å²) >= 11 is 0. The normalized spacial score (nSPS) is 9.92. The van der Waals surface area contributed by atoms with Crippen LogP contribution in [0.4, 0.5) is 0 Å². The summed E-state index contributed by atoms with van der Waals surface area (Å²) in [7, 11) is 0. The summed E-state index contributed by atoms with van der Waals surface area (Å²) in [6, 6.07) is 3.56. The molecule has 4 heteroatoms. The van der Waals surface area contributed by atoms with E-state index in [9.17, 15) is 9.59 Å². The standard InChI is InChI=1S/C9H12N2O2/c1-6(12)4-7-2-3-8(11-7)5-9(10)13/h2-3,11H,4-5H2,1H3,(H2,10,13). The van der Waals surface area contributed by atoms with Gasteiger partial charge in [-0.05, 0) is 19.1 Å². The number of carbonyl (C=O) groups is 2. The number of aromatic nitrogens is 1. The molecule has 0 saturated heterocycles. The van der Waals surface area contributed by atoms with Crippen LogP contribution in [0.15, 0.2) is 12.1 Å². The first-order valence-electron chi connectivity index (χ1n) is 4.02. The maximum absolute atomic E-state index is 10.7. The average molecular weight is 180 g/mol. The molecule has 0 saturated carbocycles. The number of nitrogens with two attached hydrogens (primary N) is 1. The summed E-state index contributed by atoms with van der Waals surface area (Å²) in [6.45, 7) is 1.52. The van der Waals surface area contributed by atoms with Gasteiger partial charge in [0.1, 0.15) is 5.78 Å². The summed E-state index contributed by atoms with van der Waals surface area (Å²) in [5.74, 6) is -0.288. The van der Waals surface area contributed by atoms with Gasteiger partial charge in [0.25, 0.3) is 0 Å². The van der Waals surface area contributed by atoms with Crippen LogP contribution < -0.4 is 5.73 Å². The number of rotatable bonds is 4. The third kappa shape index (κ3) is 3.11. The van der Waals surface area contributed by atoms with E-state index in [1.165, 1.54) is 6.92 Å².